The van der Waals surface area contributed by atoms with Crippen LogP contribution in [0.4, 0.5) is 5.69 Å². The van der Waals surface area contributed by atoms with Crippen LogP contribution in [0.1, 0.15) is 18.1 Å². The molecule has 6 nitrogen and oxygen atoms in total. The second kappa shape index (κ2) is 7.44. The summed E-state index contributed by atoms with van der Waals surface area (Å²) in [5, 5.41) is 7.46. The third-order valence-electron chi connectivity index (χ3n) is 3.84. The molecule has 126 valence electrons. The number of benzene rings is 2. The zero-order valence-corrected chi connectivity index (χ0v) is 13.7. The largest absolute Gasteiger partial charge is 0.361 e. The Kier molecular flexibility index (Phi) is 4.89. The summed E-state index contributed by atoms with van der Waals surface area (Å²) < 4.78 is 0. The van der Waals surface area contributed by atoms with Gasteiger partial charge in [0.25, 0.3) is 0 Å². The molecule has 0 aliphatic rings. The molecule has 25 heavy (non-hydrogen) atoms. The maximum Gasteiger partial charge on any atom is 0.329 e. The molecule has 2 amide bonds. The number of nitrogens with zero attached hydrogens (tertiary/aromatic N) is 1. The summed E-state index contributed by atoms with van der Waals surface area (Å²) in [6, 6.07) is 15.1. The number of carbonyl (C=O) groups is 2. The maximum absolute atomic E-state index is 12.0. The Bertz CT molecular complexity index is 943. The first-order chi connectivity index (χ1) is 12.2. The number of hydrogen-bond acceptors (Lipinski definition) is 3. The van der Waals surface area contributed by atoms with Crippen LogP contribution in [0.5, 0.6) is 0 Å². The second-order valence-corrected chi connectivity index (χ2v) is 5.45. The molecule has 3 N–H and O–H groups in total. The molecule has 3 aromatic rings. The van der Waals surface area contributed by atoms with Crippen LogP contribution in [0, 0.1) is 0 Å². The highest BCUT2D eigenvalue weighted by Gasteiger charge is 2.14. The summed E-state index contributed by atoms with van der Waals surface area (Å²) in [6.45, 7) is 1.98. The van der Waals surface area contributed by atoms with E-state index in [4.69, 9.17) is 0 Å². The molecule has 0 aliphatic heterocycles. The number of amides is 2. The average Bonchev–Trinajstić information content (AvgIpc) is 3.05. The number of carbonyl (C=O) groups excluding carboxylic acids is 2. The van der Waals surface area contributed by atoms with Gasteiger partial charge < -0.3 is 10.3 Å². The average molecular weight is 334 g/mol. The lowest BCUT2D eigenvalue weighted by Gasteiger charge is -2.08. The molecule has 0 atom stereocenters. The second-order valence-electron chi connectivity index (χ2n) is 5.45. The zero-order chi connectivity index (χ0) is 17.6. The fraction of sp³-hybridized carbons (Fsp3) is 0.105. The van der Waals surface area contributed by atoms with Crippen molar-refractivity contribution < 1.29 is 9.59 Å². The van der Waals surface area contributed by atoms with Crippen molar-refractivity contribution in [3.63, 3.8) is 0 Å². The van der Waals surface area contributed by atoms with E-state index in [2.05, 4.69) is 20.8 Å². The summed E-state index contributed by atoms with van der Waals surface area (Å²) in [4.78, 5) is 27.0. The zero-order valence-electron chi connectivity index (χ0n) is 13.7. The minimum absolute atomic E-state index is 0.630. The summed E-state index contributed by atoms with van der Waals surface area (Å²) in [5.74, 6) is -1.57. The van der Waals surface area contributed by atoms with Crippen LogP contribution in [-0.4, -0.2) is 23.0 Å². The minimum Gasteiger partial charge on any atom is -0.361 e. The third kappa shape index (κ3) is 3.74. The number of aryl methyl sites for hydroxylation is 1. The molecule has 0 aliphatic carbocycles. The molecule has 3 rings (SSSR count). The van der Waals surface area contributed by atoms with E-state index in [0.29, 0.717) is 5.69 Å². The van der Waals surface area contributed by atoms with E-state index in [1.54, 1.807) is 12.3 Å². The standard InChI is InChI=1S/C19H18N4O2/c1-2-13-7-3-5-9-16(13)22-18(24)19(25)23-21-12-14-11-20-17-10-6-4-8-15(14)17/h3-12,20H,2H2,1H3,(H,22,24)(H,23,25)/b21-12+. The van der Waals surface area contributed by atoms with Crippen molar-refractivity contribution in [3.05, 3.63) is 65.9 Å². The Balaban J connectivity index is 1.63. The Morgan fingerprint density at radius 2 is 1.84 bits per heavy atom. The van der Waals surface area contributed by atoms with E-state index in [1.807, 2.05) is 49.4 Å². The van der Waals surface area contributed by atoms with Gasteiger partial charge in [0.1, 0.15) is 0 Å². The summed E-state index contributed by atoms with van der Waals surface area (Å²) in [7, 11) is 0. The van der Waals surface area contributed by atoms with Gasteiger partial charge in [-0.1, -0.05) is 43.3 Å². The van der Waals surface area contributed by atoms with Crippen LogP contribution < -0.4 is 10.7 Å². The molecule has 6 heteroatoms. The predicted octanol–water partition coefficient (Wildman–Crippen LogP) is 2.82. The van der Waals surface area contributed by atoms with Crippen molar-refractivity contribution in [2.24, 2.45) is 5.10 Å². The number of para-hydroxylation sites is 2. The van der Waals surface area contributed by atoms with Crippen molar-refractivity contribution in [2.75, 3.05) is 5.32 Å². The number of anilines is 1. The molecule has 0 spiro atoms. The van der Waals surface area contributed by atoms with E-state index < -0.39 is 11.8 Å². The number of hydrogen-bond donors (Lipinski definition) is 3. The first kappa shape index (κ1) is 16.4. The molecule has 0 fully saturated rings. The maximum atomic E-state index is 12.0. The minimum atomic E-state index is -0.818. The summed E-state index contributed by atoms with van der Waals surface area (Å²) in [6.07, 6.45) is 4.05. The van der Waals surface area contributed by atoms with Crippen molar-refractivity contribution in [2.45, 2.75) is 13.3 Å². The van der Waals surface area contributed by atoms with Crippen molar-refractivity contribution >= 4 is 34.6 Å². The highest BCUT2D eigenvalue weighted by atomic mass is 16.2. The smallest absolute Gasteiger partial charge is 0.329 e. The van der Waals surface area contributed by atoms with Gasteiger partial charge in [-0.15, -0.1) is 0 Å². The fourth-order valence-electron chi connectivity index (χ4n) is 2.54. The van der Waals surface area contributed by atoms with Gasteiger partial charge in [0.15, 0.2) is 0 Å². The van der Waals surface area contributed by atoms with Crippen LogP contribution in [-0.2, 0) is 16.0 Å². The highest BCUT2D eigenvalue weighted by molar-refractivity contribution is 6.39. The van der Waals surface area contributed by atoms with Gasteiger partial charge in [-0.3, -0.25) is 9.59 Å². The number of fused-ring (bicyclic) bond motifs is 1. The van der Waals surface area contributed by atoms with Crippen LogP contribution in [0.15, 0.2) is 59.8 Å². The first-order valence-corrected chi connectivity index (χ1v) is 7.97. The van der Waals surface area contributed by atoms with Crippen LogP contribution in [0.2, 0.25) is 0 Å². The molecule has 0 radical (unpaired) electrons. The number of nitrogens with one attached hydrogen (secondary N) is 3. The van der Waals surface area contributed by atoms with Crippen LogP contribution in [0.3, 0.4) is 0 Å². The van der Waals surface area contributed by atoms with E-state index in [-0.39, 0.29) is 0 Å². The normalized spacial score (nSPS) is 10.9. The van der Waals surface area contributed by atoms with Gasteiger partial charge in [-0.05, 0) is 24.1 Å². The highest BCUT2D eigenvalue weighted by Crippen LogP contribution is 2.16. The van der Waals surface area contributed by atoms with Crippen molar-refractivity contribution in [1.29, 1.82) is 0 Å². The van der Waals surface area contributed by atoms with Gasteiger partial charge in [0.2, 0.25) is 0 Å². The lowest BCUT2D eigenvalue weighted by molar-refractivity contribution is -0.136. The Morgan fingerprint density at radius 3 is 2.68 bits per heavy atom. The van der Waals surface area contributed by atoms with Gasteiger partial charge in [0, 0.05) is 28.4 Å². The fourth-order valence-corrected chi connectivity index (χ4v) is 2.54. The molecular weight excluding hydrogens is 316 g/mol. The monoisotopic (exact) mass is 334 g/mol. The number of rotatable bonds is 4. The molecule has 1 aromatic heterocycles. The van der Waals surface area contributed by atoms with Gasteiger partial charge in [-0.2, -0.15) is 5.10 Å². The lowest BCUT2D eigenvalue weighted by atomic mass is 10.1. The Morgan fingerprint density at radius 1 is 1.08 bits per heavy atom. The number of hydrazone groups is 1. The van der Waals surface area contributed by atoms with E-state index >= 15 is 0 Å². The van der Waals surface area contributed by atoms with Gasteiger partial charge in [0.05, 0.1) is 6.21 Å². The molecule has 0 saturated carbocycles. The van der Waals surface area contributed by atoms with E-state index in [0.717, 1.165) is 28.5 Å². The number of aromatic nitrogens is 1. The molecule has 0 saturated heterocycles. The Hall–Kier alpha value is -3.41. The molecule has 0 unspecified atom stereocenters. The van der Waals surface area contributed by atoms with Gasteiger partial charge in [-0.25, -0.2) is 5.43 Å². The predicted molar refractivity (Wildman–Crippen MR) is 98.5 cm³/mol. The Labute approximate surface area is 144 Å². The van der Waals surface area contributed by atoms with Crippen molar-refractivity contribution in [1.82, 2.24) is 10.4 Å². The molecular formula is C19H18N4O2. The quantitative estimate of drug-likeness (QED) is 0.389. The van der Waals surface area contributed by atoms with Crippen LogP contribution >= 0.6 is 0 Å². The van der Waals surface area contributed by atoms with E-state index in [1.165, 1.54) is 6.21 Å². The lowest BCUT2D eigenvalue weighted by Crippen LogP contribution is -2.32. The number of aromatic amines is 1. The molecule has 2 aromatic carbocycles. The third-order valence-corrected chi connectivity index (χ3v) is 3.84. The van der Waals surface area contributed by atoms with E-state index in [9.17, 15) is 9.59 Å². The molecule has 0 bridgehead atoms. The number of H-pyrrole nitrogens is 1. The first-order valence-electron chi connectivity index (χ1n) is 7.97. The molecule has 1 heterocycles. The topological polar surface area (TPSA) is 86.3 Å². The SMILES string of the molecule is CCc1ccccc1NC(=O)C(=O)N/N=C/c1c[nH]c2ccccc12. The van der Waals surface area contributed by atoms with Crippen molar-refractivity contribution in [3.8, 4) is 0 Å². The summed E-state index contributed by atoms with van der Waals surface area (Å²) in [5.41, 5.74) is 5.64. The summed E-state index contributed by atoms with van der Waals surface area (Å²) >= 11 is 0. The van der Waals surface area contributed by atoms with Crippen LogP contribution in [0.25, 0.3) is 10.9 Å². The van der Waals surface area contributed by atoms with Gasteiger partial charge >= 0.3 is 11.8 Å².